The van der Waals surface area contributed by atoms with Crippen LogP contribution in [0.15, 0.2) is 23.1 Å². The van der Waals surface area contributed by atoms with Crippen molar-refractivity contribution < 1.29 is 9.90 Å². The second-order valence-corrected chi connectivity index (χ2v) is 4.75. The van der Waals surface area contributed by atoms with E-state index in [1.807, 2.05) is 32.0 Å². The van der Waals surface area contributed by atoms with Gasteiger partial charge >= 0.3 is 5.97 Å². The highest BCUT2D eigenvalue weighted by Gasteiger charge is 2.13. The molecule has 76 valence electrons. The van der Waals surface area contributed by atoms with Gasteiger partial charge in [0.25, 0.3) is 0 Å². The summed E-state index contributed by atoms with van der Waals surface area (Å²) in [4.78, 5) is 11.7. The fraction of sp³-hybridized carbons (Fsp3) is 0.364. The van der Waals surface area contributed by atoms with Crippen molar-refractivity contribution in [3.05, 3.63) is 29.3 Å². The minimum atomic E-state index is -0.768. The van der Waals surface area contributed by atoms with Crippen molar-refractivity contribution in [2.45, 2.75) is 30.9 Å². The number of benzene rings is 1. The molecule has 0 aromatic heterocycles. The van der Waals surface area contributed by atoms with Crippen molar-refractivity contribution in [3.63, 3.8) is 0 Å². The molecule has 1 rings (SSSR count). The third-order valence-corrected chi connectivity index (χ3v) is 3.24. The van der Waals surface area contributed by atoms with Gasteiger partial charge in [-0.1, -0.05) is 17.7 Å². The van der Waals surface area contributed by atoms with Crippen LogP contribution < -0.4 is 0 Å². The molecule has 0 spiro atoms. The lowest BCUT2D eigenvalue weighted by Gasteiger charge is -2.09. The minimum Gasteiger partial charge on any atom is -0.480 e. The summed E-state index contributed by atoms with van der Waals surface area (Å²) in [7, 11) is 0. The number of carboxylic acids is 1. The number of thioether (sulfide) groups is 1. The molecule has 0 saturated carbocycles. The molecular weight excluding hydrogens is 196 g/mol. The molecular formula is C11H14O2S. The number of hydrogen-bond donors (Lipinski definition) is 1. The molecule has 14 heavy (non-hydrogen) atoms. The van der Waals surface area contributed by atoms with Crippen molar-refractivity contribution in [1.82, 2.24) is 0 Å². The molecule has 0 saturated heterocycles. The van der Waals surface area contributed by atoms with Crippen LogP contribution in [0.5, 0.6) is 0 Å². The number of aliphatic carboxylic acids is 1. The van der Waals surface area contributed by atoms with Crippen molar-refractivity contribution in [2.75, 3.05) is 0 Å². The van der Waals surface area contributed by atoms with Crippen LogP contribution in [-0.2, 0) is 4.79 Å². The van der Waals surface area contributed by atoms with Gasteiger partial charge in [-0.2, -0.15) is 0 Å². The standard InChI is InChI=1S/C11H14O2S/c1-7-4-5-8(2)10(6-7)14-9(3)11(12)13/h4-6,9H,1-3H3,(H,12,13). The van der Waals surface area contributed by atoms with Crippen molar-refractivity contribution in [2.24, 2.45) is 0 Å². The first-order chi connectivity index (χ1) is 6.50. The SMILES string of the molecule is Cc1ccc(C)c(SC(C)C(=O)O)c1. The highest BCUT2D eigenvalue weighted by atomic mass is 32.2. The van der Waals surface area contributed by atoms with Gasteiger partial charge in [0.15, 0.2) is 0 Å². The predicted molar refractivity (Wildman–Crippen MR) is 58.9 cm³/mol. The lowest BCUT2D eigenvalue weighted by molar-refractivity contribution is -0.136. The molecule has 0 aliphatic carbocycles. The number of rotatable bonds is 3. The van der Waals surface area contributed by atoms with Gasteiger partial charge in [0, 0.05) is 4.90 Å². The van der Waals surface area contributed by atoms with Crippen molar-refractivity contribution in [1.29, 1.82) is 0 Å². The Morgan fingerprint density at radius 3 is 2.64 bits per heavy atom. The van der Waals surface area contributed by atoms with Gasteiger partial charge in [0.1, 0.15) is 5.25 Å². The van der Waals surface area contributed by atoms with Crippen LogP contribution in [0.25, 0.3) is 0 Å². The van der Waals surface area contributed by atoms with Gasteiger partial charge < -0.3 is 5.11 Å². The van der Waals surface area contributed by atoms with Gasteiger partial charge in [0.05, 0.1) is 0 Å². The Labute approximate surface area is 88.3 Å². The van der Waals surface area contributed by atoms with E-state index in [4.69, 9.17) is 5.11 Å². The predicted octanol–water partition coefficient (Wildman–Crippen LogP) is 2.87. The molecule has 0 aliphatic rings. The Kier molecular flexibility index (Phi) is 3.58. The van der Waals surface area contributed by atoms with E-state index in [9.17, 15) is 4.79 Å². The molecule has 1 aromatic rings. The Morgan fingerprint density at radius 1 is 1.43 bits per heavy atom. The molecule has 0 aliphatic heterocycles. The van der Waals surface area contributed by atoms with Crippen LogP contribution in [0.3, 0.4) is 0 Å². The molecule has 0 fully saturated rings. The lowest BCUT2D eigenvalue weighted by atomic mass is 10.2. The Balaban J connectivity index is 2.85. The summed E-state index contributed by atoms with van der Waals surface area (Å²) in [6.07, 6.45) is 0. The van der Waals surface area contributed by atoms with Gasteiger partial charge in [-0.25, -0.2) is 0 Å². The largest absolute Gasteiger partial charge is 0.480 e. The average Bonchev–Trinajstić information content (AvgIpc) is 2.11. The van der Waals surface area contributed by atoms with E-state index < -0.39 is 11.2 Å². The van der Waals surface area contributed by atoms with E-state index in [0.717, 1.165) is 16.0 Å². The smallest absolute Gasteiger partial charge is 0.316 e. The average molecular weight is 210 g/mol. The summed E-state index contributed by atoms with van der Waals surface area (Å²) in [5, 5.41) is 8.39. The third kappa shape index (κ3) is 2.77. The Hall–Kier alpha value is -0.960. The summed E-state index contributed by atoms with van der Waals surface area (Å²) in [5.41, 5.74) is 2.30. The number of hydrogen-bond acceptors (Lipinski definition) is 2. The zero-order valence-electron chi connectivity index (χ0n) is 8.57. The lowest BCUT2D eigenvalue weighted by Crippen LogP contribution is -2.11. The van der Waals surface area contributed by atoms with Crippen LogP contribution in [0, 0.1) is 13.8 Å². The quantitative estimate of drug-likeness (QED) is 0.779. The van der Waals surface area contributed by atoms with E-state index in [0.29, 0.717) is 0 Å². The third-order valence-electron chi connectivity index (χ3n) is 2.00. The highest BCUT2D eigenvalue weighted by Crippen LogP contribution is 2.27. The number of carboxylic acid groups (broad SMARTS) is 1. The number of carbonyl (C=O) groups is 1. The number of aryl methyl sites for hydroxylation is 2. The van der Waals surface area contributed by atoms with E-state index in [1.165, 1.54) is 11.8 Å². The normalized spacial score (nSPS) is 12.5. The monoisotopic (exact) mass is 210 g/mol. The maximum absolute atomic E-state index is 10.7. The minimum absolute atomic E-state index is 0.393. The molecule has 1 aromatic carbocycles. The van der Waals surface area contributed by atoms with Crippen LogP contribution >= 0.6 is 11.8 Å². The van der Waals surface area contributed by atoms with Crippen LogP contribution in [0.2, 0.25) is 0 Å². The Bertz CT molecular complexity index is 347. The van der Waals surface area contributed by atoms with Crippen LogP contribution in [-0.4, -0.2) is 16.3 Å². The molecule has 3 heteroatoms. The van der Waals surface area contributed by atoms with Gasteiger partial charge in [-0.15, -0.1) is 11.8 Å². The fourth-order valence-corrected chi connectivity index (χ4v) is 2.06. The van der Waals surface area contributed by atoms with E-state index in [-0.39, 0.29) is 0 Å². The van der Waals surface area contributed by atoms with Gasteiger partial charge in [-0.3, -0.25) is 4.79 Å². The van der Waals surface area contributed by atoms with E-state index >= 15 is 0 Å². The van der Waals surface area contributed by atoms with Crippen LogP contribution in [0.4, 0.5) is 0 Å². The van der Waals surface area contributed by atoms with Gasteiger partial charge in [0.2, 0.25) is 0 Å². The molecule has 0 bridgehead atoms. The summed E-state index contributed by atoms with van der Waals surface area (Å²) in [5.74, 6) is -0.768. The molecule has 0 heterocycles. The van der Waals surface area contributed by atoms with E-state index in [1.54, 1.807) is 6.92 Å². The second kappa shape index (κ2) is 4.51. The van der Waals surface area contributed by atoms with E-state index in [2.05, 4.69) is 0 Å². The highest BCUT2D eigenvalue weighted by molar-refractivity contribution is 8.00. The first-order valence-corrected chi connectivity index (χ1v) is 5.35. The maximum Gasteiger partial charge on any atom is 0.316 e. The maximum atomic E-state index is 10.7. The topological polar surface area (TPSA) is 37.3 Å². The van der Waals surface area contributed by atoms with Crippen LogP contribution in [0.1, 0.15) is 18.1 Å². The molecule has 1 N–H and O–H groups in total. The fourth-order valence-electron chi connectivity index (χ4n) is 1.08. The summed E-state index contributed by atoms with van der Waals surface area (Å²) >= 11 is 1.39. The van der Waals surface area contributed by atoms with Crippen molar-refractivity contribution >= 4 is 17.7 Å². The molecule has 0 radical (unpaired) electrons. The van der Waals surface area contributed by atoms with Crippen molar-refractivity contribution in [3.8, 4) is 0 Å². The first kappa shape index (κ1) is 11.1. The summed E-state index contributed by atoms with van der Waals surface area (Å²) in [6.45, 7) is 5.71. The zero-order valence-corrected chi connectivity index (χ0v) is 9.39. The Morgan fingerprint density at radius 2 is 2.07 bits per heavy atom. The van der Waals surface area contributed by atoms with Gasteiger partial charge in [-0.05, 0) is 32.4 Å². The molecule has 1 atom stereocenters. The molecule has 2 nitrogen and oxygen atoms in total. The second-order valence-electron chi connectivity index (χ2n) is 3.37. The first-order valence-electron chi connectivity index (χ1n) is 4.47. The molecule has 0 amide bonds. The molecule has 1 unspecified atom stereocenters. The summed E-state index contributed by atoms with van der Waals surface area (Å²) in [6, 6.07) is 6.08. The zero-order chi connectivity index (χ0) is 10.7. The summed E-state index contributed by atoms with van der Waals surface area (Å²) < 4.78 is 0.